The molecule has 1 rings (SSSR count). The molecule has 0 heterocycles. The van der Waals surface area contributed by atoms with Crippen LogP contribution < -0.4 is 0 Å². The fraction of sp³-hybridized carbons (Fsp3) is 0. The van der Waals surface area contributed by atoms with E-state index in [1.165, 1.54) is 4.99 Å². The van der Waals surface area contributed by atoms with Gasteiger partial charge in [0.25, 0.3) is 0 Å². The number of rotatable bonds is 3. The second-order valence-electron chi connectivity index (χ2n) is 2.65. The van der Waals surface area contributed by atoms with Gasteiger partial charge >= 0.3 is 5.97 Å². The van der Waals surface area contributed by atoms with Gasteiger partial charge in [0, 0.05) is 0 Å². The van der Waals surface area contributed by atoms with Crippen LogP contribution in [0.4, 0.5) is 0 Å². The summed E-state index contributed by atoms with van der Waals surface area (Å²) in [5.74, 6) is -0.951. The normalized spacial score (nSPS) is 11.1. The number of carboxylic acids is 1. The first kappa shape index (κ1) is 10.7. The van der Waals surface area contributed by atoms with Gasteiger partial charge in [-0.3, -0.25) is 0 Å². The van der Waals surface area contributed by atoms with Crippen molar-refractivity contribution in [3.05, 3.63) is 47.0 Å². The van der Waals surface area contributed by atoms with Crippen LogP contribution in [0.1, 0.15) is 11.1 Å². The molecular weight excluding hydrogens is 244 g/mol. The molecule has 14 heavy (non-hydrogen) atoms. The van der Waals surface area contributed by atoms with Crippen LogP contribution in [-0.4, -0.2) is 11.1 Å². The van der Waals surface area contributed by atoms with E-state index >= 15 is 0 Å². The predicted molar refractivity (Wildman–Crippen MR) is 61.1 cm³/mol. The van der Waals surface area contributed by atoms with Crippen LogP contribution in [0.3, 0.4) is 0 Å². The number of benzene rings is 1. The molecule has 0 fully saturated rings. The minimum atomic E-state index is -0.951. The van der Waals surface area contributed by atoms with Crippen molar-refractivity contribution < 1.29 is 9.90 Å². The van der Waals surface area contributed by atoms with Crippen molar-refractivity contribution >= 4 is 33.5 Å². The zero-order valence-electron chi connectivity index (χ0n) is 7.40. The summed E-state index contributed by atoms with van der Waals surface area (Å²) in [5, 5.41) is 8.83. The summed E-state index contributed by atoms with van der Waals surface area (Å²) in [4.78, 5) is 12.2. The molecule has 2 nitrogen and oxygen atoms in total. The molecule has 0 aromatic heterocycles. The minimum absolute atomic E-state index is 0.237. The van der Waals surface area contributed by atoms with Gasteiger partial charge in [-0.2, -0.15) is 0 Å². The van der Waals surface area contributed by atoms with E-state index in [-0.39, 0.29) is 5.57 Å². The SMILES string of the molecule is C=Cc1ccc(C(=CBr)C(=O)O)cc1. The Labute approximate surface area is 90.7 Å². The first-order valence-electron chi connectivity index (χ1n) is 3.95. The Morgan fingerprint density at radius 1 is 1.36 bits per heavy atom. The lowest BCUT2D eigenvalue weighted by Gasteiger charge is -2.01. The first-order valence-corrected chi connectivity index (χ1v) is 4.87. The van der Waals surface area contributed by atoms with E-state index in [0.717, 1.165) is 5.56 Å². The molecule has 0 aliphatic rings. The standard InChI is InChI=1S/C11H9BrO2/c1-2-8-3-5-9(6-4-8)10(7-12)11(13)14/h2-7H,1H2,(H,13,14). The maximum absolute atomic E-state index is 10.8. The van der Waals surface area contributed by atoms with Gasteiger partial charge in [0.2, 0.25) is 0 Å². The van der Waals surface area contributed by atoms with E-state index in [9.17, 15) is 4.79 Å². The number of aliphatic carboxylic acids is 1. The van der Waals surface area contributed by atoms with E-state index in [4.69, 9.17) is 5.11 Å². The molecule has 0 saturated heterocycles. The molecule has 0 bridgehead atoms. The van der Waals surface area contributed by atoms with Crippen molar-refractivity contribution in [2.45, 2.75) is 0 Å². The van der Waals surface area contributed by atoms with Crippen LogP contribution in [0.25, 0.3) is 11.6 Å². The van der Waals surface area contributed by atoms with Crippen molar-refractivity contribution in [2.24, 2.45) is 0 Å². The number of carbonyl (C=O) groups is 1. The Hall–Kier alpha value is -1.35. The minimum Gasteiger partial charge on any atom is -0.478 e. The Balaban J connectivity index is 3.08. The predicted octanol–water partition coefficient (Wildman–Crippen LogP) is 3.15. The Morgan fingerprint density at radius 3 is 2.29 bits per heavy atom. The van der Waals surface area contributed by atoms with Gasteiger partial charge in [-0.15, -0.1) is 0 Å². The Kier molecular flexibility index (Phi) is 3.65. The fourth-order valence-corrected chi connectivity index (χ4v) is 1.49. The van der Waals surface area contributed by atoms with Gasteiger partial charge < -0.3 is 5.11 Å². The highest BCUT2D eigenvalue weighted by Gasteiger charge is 2.08. The summed E-state index contributed by atoms with van der Waals surface area (Å²) < 4.78 is 0. The van der Waals surface area contributed by atoms with Gasteiger partial charge in [0.05, 0.1) is 5.57 Å². The summed E-state index contributed by atoms with van der Waals surface area (Å²) in [5.41, 5.74) is 1.87. The maximum atomic E-state index is 10.8. The molecule has 1 N–H and O–H groups in total. The second kappa shape index (κ2) is 4.77. The van der Waals surface area contributed by atoms with Crippen molar-refractivity contribution in [3.8, 4) is 0 Å². The van der Waals surface area contributed by atoms with E-state index in [0.29, 0.717) is 5.56 Å². The molecule has 0 aliphatic carbocycles. The number of hydrogen-bond acceptors (Lipinski definition) is 1. The second-order valence-corrected chi connectivity index (χ2v) is 3.11. The van der Waals surface area contributed by atoms with E-state index in [2.05, 4.69) is 22.5 Å². The van der Waals surface area contributed by atoms with Crippen LogP contribution >= 0.6 is 15.9 Å². The number of hydrogen-bond donors (Lipinski definition) is 1. The molecule has 0 atom stereocenters. The summed E-state index contributed by atoms with van der Waals surface area (Å²) in [6.07, 6.45) is 1.71. The summed E-state index contributed by atoms with van der Waals surface area (Å²) in [6.45, 7) is 3.62. The lowest BCUT2D eigenvalue weighted by atomic mass is 10.1. The summed E-state index contributed by atoms with van der Waals surface area (Å²) in [7, 11) is 0. The van der Waals surface area contributed by atoms with Crippen molar-refractivity contribution in [2.75, 3.05) is 0 Å². The first-order chi connectivity index (χ1) is 6.69. The monoisotopic (exact) mass is 252 g/mol. The van der Waals surface area contributed by atoms with Crippen molar-refractivity contribution in [3.63, 3.8) is 0 Å². The fourth-order valence-electron chi connectivity index (χ4n) is 1.03. The van der Waals surface area contributed by atoms with Gasteiger partial charge in [0.1, 0.15) is 0 Å². The lowest BCUT2D eigenvalue weighted by Crippen LogP contribution is -1.98. The third-order valence-electron chi connectivity index (χ3n) is 1.80. The molecular formula is C11H9BrO2. The molecule has 3 heteroatoms. The van der Waals surface area contributed by atoms with E-state index in [1.807, 2.05) is 12.1 Å². The summed E-state index contributed by atoms with van der Waals surface area (Å²) in [6, 6.07) is 7.14. The van der Waals surface area contributed by atoms with Crippen LogP contribution in [0, 0.1) is 0 Å². The van der Waals surface area contributed by atoms with Crippen LogP contribution in [0.15, 0.2) is 35.8 Å². The highest BCUT2D eigenvalue weighted by Crippen LogP contribution is 2.17. The molecule has 1 aromatic carbocycles. The quantitative estimate of drug-likeness (QED) is 0.840. The van der Waals surface area contributed by atoms with Gasteiger partial charge in [-0.05, 0) is 16.1 Å². The average molecular weight is 253 g/mol. The van der Waals surface area contributed by atoms with Crippen LogP contribution in [0.5, 0.6) is 0 Å². The third kappa shape index (κ3) is 2.33. The highest BCUT2D eigenvalue weighted by atomic mass is 79.9. The Morgan fingerprint density at radius 2 is 1.93 bits per heavy atom. The van der Waals surface area contributed by atoms with Crippen molar-refractivity contribution in [1.82, 2.24) is 0 Å². The van der Waals surface area contributed by atoms with Gasteiger partial charge in [0.15, 0.2) is 0 Å². The van der Waals surface area contributed by atoms with Crippen LogP contribution in [-0.2, 0) is 4.79 Å². The van der Waals surface area contributed by atoms with Gasteiger partial charge in [-0.25, -0.2) is 4.79 Å². The lowest BCUT2D eigenvalue weighted by molar-refractivity contribution is -0.130. The van der Waals surface area contributed by atoms with E-state index in [1.54, 1.807) is 18.2 Å². The molecule has 0 radical (unpaired) electrons. The summed E-state index contributed by atoms with van der Waals surface area (Å²) >= 11 is 3.03. The van der Waals surface area contributed by atoms with Gasteiger partial charge in [-0.1, -0.05) is 52.9 Å². The molecule has 0 spiro atoms. The zero-order valence-corrected chi connectivity index (χ0v) is 8.99. The van der Waals surface area contributed by atoms with Crippen LogP contribution in [0.2, 0.25) is 0 Å². The van der Waals surface area contributed by atoms with E-state index < -0.39 is 5.97 Å². The molecule has 0 aliphatic heterocycles. The zero-order chi connectivity index (χ0) is 10.6. The maximum Gasteiger partial charge on any atom is 0.336 e. The molecule has 0 saturated carbocycles. The topological polar surface area (TPSA) is 37.3 Å². The molecule has 72 valence electrons. The Bertz CT molecular complexity index is 377. The number of halogens is 1. The smallest absolute Gasteiger partial charge is 0.336 e. The third-order valence-corrected chi connectivity index (χ3v) is 2.25. The molecule has 0 unspecified atom stereocenters. The van der Waals surface area contributed by atoms with Crippen molar-refractivity contribution in [1.29, 1.82) is 0 Å². The molecule has 1 aromatic rings. The average Bonchev–Trinajstić information content (AvgIpc) is 2.19. The largest absolute Gasteiger partial charge is 0.478 e. The number of carboxylic acid groups (broad SMARTS) is 1. The molecule has 0 amide bonds. The highest BCUT2D eigenvalue weighted by molar-refractivity contribution is 9.11.